The maximum Gasteiger partial charge on any atom is 0.512 e. The molecule has 0 atom stereocenters. The minimum Gasteiger partial charge on any atom is -0.428 e. The van der Waals surface area contributed by atoms with Gasteiger partial charge in [-0.1, -0.05) is 13.3 Å². The molecule has 0 aromatic heterocycles. The fourth-order valence-corrected chi connectivity index (χ4v) is 2.04. The van der Waals surface area contributed by atoms with Crippen molar-refractivity contribution in [3.8, 4) is 0 Å². The third kappa shape index (κ3) is 7.16. The average molecular weight is 370 g/mol. The van der Waals surface area contributed by atoms with E-state index in [0.717, 1.165) is 12.5 Å². The van der Waals surface area contributed by atoms with Crippen LogP contribution < -0.4 is 0 Å². The lowest BCUT2D eigenvalue weighted by molar-refractivity contribution is -0.200. The van der Waals surface area contributed by atoms with Crippen LogP contribution in [-0.4, -0.2) is 29.3 Å². The summed E-state index contributed by atoms with van der Waals surface area (Å²) in [6.45, 7) is 11.2. The van der Waals surface area contributed by atoms with Gasteiger partial charge < -0.3 is 14.2 Å². The molecule has 1 fully saturated rings. The SMILES string of the molecule is CCCC(C)(C)OC(=O)OC(C)(C)OC(=O)/C(C)=C/C(=O)C(C)=C1OO1. The summed E-state index contributed by atoms with van der Waals surface area (Å²) < 4.78 is 15.4. The van der Waals surface area contributed by atoms with E-state index in [4.69, 9.17) is 14.2 Å². The van der Waals surface area contributed by atoms with Crippen LogP contribution in [-0.2, 0) is 33.6 Å². The first kappa shape index (κ1) is 21.5. The van der Waals surface area contributed by atoms with E-state index in [-0.39, 0.29) is 17.1 Å². The van der Waals surface area contributed by atoms with Crippen molar-refractivity contribution in [1.29, 1.82) is 0 Å². The topological polar surface area (TPSA) is 104 Å². The molecule has 1 heterocycles. The Hall–Kier alpha value is -2.51. The Morgan fingerprint density at radius 1 is 1.00 bits per heavy atom. The summed E-state index contributed by atoms with van der Waals surface area (Å²) in [5.74, 6) is -2.70. The van der Waals surface area contributed by atoms with Gasteiger partial charge in [-0.25, -0.2) is 19.4 Å². The molecule has 0 aliphatic carbocycles. The number of rotatable bonds is 8. The van der Waals surface area contributed by atoms with E-state index in [1.807, 2.05) is 6.92 Å². The summed E-state index contributed by atoms with van der Waals surface area (Å²) in [6.07, 6.45) is 1.65. The Morgan fingerprint density at radius 2 is 1.58 bits per heavy atom. The van der Waals surface area contributed by atoms with E-state index in [0.29, 0.717) is 6.42 Å². The van der Waals surface area contributed by atoms with Gasteiger partial charge in [-0.05, 0) is 40.2 Å². The molecule has 146 valence electrons. The summed E-state index contributed by atoms with van der Waals surface area (Å²) >= 11 is 0. The Balaban J connectivity index is 2.64. The lowest BCUT2D eigenvalue weighted by Crippen LogP contribution is -2.37. The van der Waals surface area contributed by atoms with Crippen LogP contribution in [0.1, 0.15) is 61.3 Å². The molecule has 1 aliphatic rings. The summed E-state index contributed by atoms with van der Waals surface area (Å²) in [4.78, 5) is 44.8. The fourth-order valence-electron chi connectivity index (χ4n) is 2.04. The Kier molecular flexibility index (Phi) is 6.83. The van der Waals surface area contributed by atoms with Crippen molar-refractivity contribution in [2.24, 2.45) is 0 Å². The predicted molar refractivity (Wildman–Crippen MR) is 90.4 cm³/mol. The van der Waals surface area contributed by atoms with Crippen LogP contribution >= 0.6 is 0 Å². The van der Waals surface area contributed by atoms with Gasteiger partial charge in [0.2, 0.25) is 0 Å². The molecule has 0 radical (unpaired) electrons. The molecule has 26 heavy (non-hydrogen) atoms. The van der Waals surface area contributed by atoms with Crippen LogP contribution in [0.3, 0.4) is 0 Å². The van der Waals surface area contributed by atoms with Gasteiger partial charge in [-0.3, -0.25) is 4.79 Å². The minimum absolute atomic E-state index is 0.0342. The van der Waals surface area contributed by atoms with Crippen LogP contribution in [0.25, 0.3) is 0 Å². The zero-order valence-electron chi connectivity index (χ0n) is 16.3. The smallest absolute Gasteiger partial charge is 0.428 e. The maximum atomic E-state index is 12.1. The van der Waals surface area contributed by atoms with Crippen molar-refractivity contribution >= 4 is 17.9 Å². The quantitative estimate of drug-likeness (QED) is 0.209. The number of allylic oxidation sites excluding steroid dienone is 2. The van der Waals surface area contributed by atoms with Crippen molar-refractivity contribution in [2.45, 2.75) is 72.7 Å². The normalized spacial score (nSPS) is 14.0. The van der Waals surface area contributed by atoms with E-state index in [1.54, 1.807) is 13.8 Å². The summed E-state index contributed by atoms with van der Waals surface area (Å²) in [7, 11) is 0. The number of hydrogen-bond acceptors (Lipinski definition) is 8. The van der Waals surface area contributed by atoms with E-state index < -0.39 is 29.3 Å². The van der Waals surface area contributed by atoms with Crippen molar-refractivity contribution < 1.29 is 38.4 Å². The Labute approximate surface area is 153 Å². The molecular weight excluding hydrogens is 344 g/mol. The molecule has 0 bridgehead atoms. The largest absolute Gasteiger partial charge is 0.512 e. The predicted octanol–water partition coefficient (Wildman–Crippen LogP) is 3.71. The summed E-state index contributed by atoms with van der Waals surface area (Å²) in [6, 6.07) is 0. The van der Waals surface area contributed by atoms with E-state index in [9.17, 15) is 14.4 Å². The van der Waals surface area contributed by atoms with Crippen LogP contribution in [0.2, 0.25) is 0 Å². The molecule has 1 saturated heterocycles. The van der Waals surface area contributed by atoms with Gasteiger partial charge >= 0.3 is 18.1 Å². The second kappa shape index (κ2) is 8.25. The van der Waals surface area contributed by atoms with E-state index in [1.165, 1.54) is 27.7 Å². The molecule has 0 saturated carbocycles. The molecule has 1 rings (SSSR count). The Morgan fingerprint density at radius 3 is 2.08 bits per heavy atom. The first-order valence-corrected chi connectivity index (χ1v) is 8.30. The number of esters is 1. The second-order valence-electron chi connectivity index (χ2n) is 7.02. The minimum atomic E-state index is -1.56. The van der Waals surface area contributed by atoms with Gasteiger partial charge in [-0.2, -0.15) is 0 Å². The molecule has 0 aromatic rings. The van der Waals surface area contributed by atoms with Crippen LogP contribution in [0, 0.1) is 0 Å². The highest BCUT2D eigenvalue weighted by atomic mass is 17.4. The fraction of sp³-hybridized carbons (Fsp3) is 0.611. The third-order valence-electron chi connectivity index (χ3n) is 3.39. The van der Waals surface area contributed by atoms with Crippen LogP contribution in [0.4, 0.5) is 4.79 Å². The van der Waals surface area contributed by atoms with Crippen LogP contribution in [0.5, 0.6) is 0 Å². The third-order valence-corrected chi connectivity index (χ3v) is 3.39. The van der Waals surface area contributed by atoms with Gasteiger partial charge in [0.15, 0.2) is 5.78 Å². The van der Waals surface area contributed by atoms with Gasteiger partial charge in [0.1, 0.15) is 5.60 Å². The molecule has 8 nitrogen and oxygen atoms in total. The first-order valence-electron chi connectivity index (χ1n) is 8.30. The van der Waals surface area contributed by atoms with E-state index >= 15 is 0 Å². The van der Waals surface area contributed by atoms with Crippen molar-refractivity contribution in [3.63, 3.8) is 0 Å². The molecule has 0 spiro atoms. The summed E-state index contributed by atoms with van der Waals surface area (Å²) in [5.41, 5.74) is -0.423. The van der Waals surface area contributed by atoms with Gasteiger partial charge in [0.05, 0.1) is 5.57 Å². The number of hydrogen-bond donors (Lipinski definition) is 0. The number of carbonyl (C=O) groups excluding carboxylic acids is 3. The van der Waals surface area contributed by atoms with Crippen LogP contribution in [0.15, 0.2) is 23.2 Å². The highest BCUT2D eigenvalue weighted by molar-refractivity contribution is 6.08. The molecule has 1 aliphatic heterocycles. The average Bonchev–Trinajstić information content (AvgIpc) is 3.28. The highest BCUT2D eigenvalue weighted by Gasteiger charge is 2.32. The molecule has 0 amide bonds. The number of carbonyl (C=O) groups is 3. The highest BCUT2D eigenvalue weighted by Crippen LogP contribution is 2.24. The molecule has 0 aromatic carbocycles. The van der Waals surface area contributed by atoms with Gasteiger partial charge in [-0.15, -0.1) is 0 Å². The first-order chi connectivity index (χ1) is 11.9. The molecule has 8 heteroatoms. The lowest BCUT2D eigenvalue weighted by Gasteiger charge is -2.28. The zero-order valence-corrected chi connectivity index (χ0v) is 16.3. The van der Waals surface area contributed by atoms with E-state index in [2.05, 4.69) is 9.78 Å². The second-order valence-corrected chi connectivity index (χ2v) is 7.02. The molecule has 0 unspecified atom stereocenters. The van der Waals surface area contributed by atoms with Crippen molar-refractivity contribution in [1.82, 2.24) is 0 Å². The monoisotopic (exact) mass is 370 g/mol. The Bertz CT molecular complexity index is 634. The van der Waals surface area contributed by atoms with Crippen molar-refractivity contribution in [3.05, 3.63) is 23.2 Å². The molecular formula is C18H26O8. The van der Waals surface area contributed by atoms with Gasteiger partial charge in [0, 0.05) is 19.4 Å². The standard InChI is InChI=1S/C18H26O8/c1-8-9-17(4,5)23-16(21)24-18(6,7)22-14(20)11(2)10-13(19)12(3)15-25-26-15/h10H,8-9H2,1-7H3/b11-10+. The number of ether oxygens (including phenoxy) is 3. The van der Waals surface area contributed by atoms with Gasteiger partial charge in [0.25, 0.3) is 5.79 Å². The maximum absolute atomic E-state index is 12.1. The lowest BCUT2D eigenvalue weighted by atomic mass is 10.0. The van der Waals surface area contributed by atoms with Crippen molar-refractivity contribution in [2.75, 3.05) is 0 Å². The summed E-state index contributed by atoms with van der Waals surface area (Å²) in [5, 5.41) is 0. The zero-order chi connectivity index (χ0) is 20.1. The molecule has 0 N–H and O–H groups in total. The number of ketones is 1.